The summed E-state index contributed by atoms with van der Waals surface area (Å²) in [5.74, 6) is -0.256. The SMILES string of the molecule is O=C(/C=C/c1cccs1)Nc1ccccc1-n1ncc2c(=O)[nH]cnc21. The van der Waals surface area contributed by atoms with Crippen LogP contribution in [0.4, 0.5) is 5.69 Å². The standard InChI is InChI=1S/C18H13N5O2S/c24-16(8-7-12-4-3-9-26-12)22-14-5-1-2-6-15(14)23-17-13(10-21-23)18(25)20-11-19-17/h1-11H,(H,22,24)(H,19,20,25)/b8-7+. The number of rotatable bonds is 4. The molecule has 1 aromatic carbocycles. The van der Waals surface area contributed by atoms with Crippen LogP contribution >= 0.6 is 11.3 Å². The van der Waals surface area contributed by atoms with Crippen molar-refractivity contribution in [1.29, 1.82) is 0 Å². The smallest absolute Gasteiger partial charge is 0.261 e. The quantitative estimate of drug-likeness (QED) is 0.545. The molecule has 3 aromatic heterocycles. The number of fused-ring (bicyclic) bond motifs is 1. The molecule has 1 amide bonds. The highest BCUT2D eigenvalue weighted by Gasteiger charge is 2.12. The molecule has 7 nitrogen and oxygen atoms in total. The van der Waals surface area contributed by atoms with Gasteiger partial charge in [-0.2, -0.15) is 5.10 Å². The highest BCUT2D eigenvalue weighted by atomic mass is 32.1. The fourth-order valence-electron chi connectivity index (χ4n) is 2.51. The number of H-pyrrole nitrogens is 1. The van der Waals surface area contributed by atoms with Crippen LogP contribution in [0.3, 0.4) is 0 Å². The van der Waals surface area contributed by atoms with E-state index in [0.29, 0.717) is 22.4 Å². The lowest BCUT2D eigenvalue weighted by Crippen LogP contribution is -2.12. The summed E-state index contributed by atoms with van der Waals surface area (Å²) in [5, 5.41) is 9.42. The second-order valence-corrected chi connectivity index (χ2v) is 6.36. The van der Waals surface area contributed by atoms with Gasteiger partial charge in [-0.1, -0.05) is 18.2 Å². The van der Waals surface area contributed by atoms with Gasteiger partial charge in [0.05, 0.1) is 23.9 Å². The van der Waals surface area contributed by atoms with E-state index in [4.69, 9.17) is 0 Å². The number of anilines is 1. The first-order valence-electron chi connectivity index (χ1n) is 7.76. The zero-order valence-corrected chi connectivity index (χ0v) is 14.2. The number of nitrogens with one attached hydrogen (secondary N) is 2. The molecule has 0 atom stereocenters. The third-order valence-corrected chi connectivity index (χ3v) is 4.54. The molecule has 0 unspecified atom stereocenters. The van der Waals surface area contributed by atoms with Crippen LogP contribution in [-0.2, 0) is 4.79 Å². The molecule has 0 aliphatic heterocycles. The van der Waals surface area contributed by atoms with Gasteiger partial charge in [-0.05, 0) is 29.7 Å². The van der Waals surface area contributed by atoms with Crippen molar-refractivity contribution < 1.29 is 4.79 Å². The van der Waals surface area contributed by atoms with Crippen LogP contribution in [0.15, 0.2) is 65.2 Å². The Morgan fingerprint density at radius 2 is 2.12 bits per heavy atom. The maximum Gasteiger partial charge on any atom is 0.261 e. The summed E-state index contributed by atoms with van der Waals surface area (Å²) in [5.41, 5.74) is 1.35. The van der Waals surface area contributed by atoms with Crippen LogP contribution in [0.5, 0.6) is 0 Å². The number of aromatic amines is 1. The van der Waals surface area contributed by atoms with Gasteiger partial charge in [0.2, 0.25) is 5.91 Å². The molecule has 0 radical (unpaired) electrons. The number of para-hydroxylation sites is 2. The molecule has 0 bridgehead atoms. The summed E-state index contributed by atoms with van der Waals surface area (Å²) in [6.45, 7) is 0. The van der Waals surface area contributed by atoms with E-state index in [1.54, 1.807) is 29.5 Å². The van der Waals surface area contributed by atoms with E-state index in [-0.39, 0.29) is 11.5 Å². The molecular formula is C18H13N5O2S. The zero-order chi connectivity index (χ0) is 17.9. The predicted octanol–water partition coefficient (Wildman–Crippen LogP) is 2.82. The molecule has 2 N–H and O–H groups in total. The lowest BCUT2D eigenvalue weighted by Gasteiger charge is -2.10. The minimum Gasteiger partial charge on any atom is -0.321 e. The summed E-state index contributed by atoms with van der Waals surface area (Å²) in [4.78, 5) is 31.8. The molecule has 0 aliphatic rings. The second-order valence-electron chi connectivity index (χ2n) is 5.38. The molecular weight excluding hydrogens is 350 g/mol. The Bertz CT molecular complexity index is 1160. The molecule has 0 fully saturated rings. The monoisotopic (exact) mass is 363 g/mol. The van der Waals surface area contributed by atoms with Gasteiger partial charge in [0.15, 0.2) is 5.65 Å². The number of carbonyl (C=O) groups is 1. The summed E-state index contributed by atoms with van der Waals surface area (Å²) in [6, 6.07) is 11.1. The maximum absolute atomic E-state index is 12.3. The summed E-state index contributed by atoms with van der Waals surface area (Å²) >= 11 is 1.55. The Morgan fingerprint density at radius 1 is 1.23 bits per heavy atom. The Labute approximate surface area is 151 Å². The van der Waals surface area contributed by atoms with Crippen molar-refractivity contribution in [2.45, 2.75) is 0 Å². The van der Waals surface area contributed by atoms with Crippen LogP contribution in [-0.4, -0.2) is 25.7 Å². The van der Waals surface area contributed by atoms with Crippen molar-refractivity contribution in [2.75, 3.05) is 5.32 Å². The van der Waals surface area contributed by atoms with E-state index >= 15 is 0 Å². The highest BCUT2D eigenvalue weighted by molar-refractivity contribution is 7.10. The van der Waals surface area contributed by atoms with Gasteiger partial charge < -0.3 is 10.3 Å². The fraction of sp³-hybridized carbons (Fsp3) is 0. The Morgan fingerprint density at radius 3 is 2.96 bits per heavy atom. The van der Waals surface area contributed by atoms with Gasteiger partial charge in [0.25, 0.3) is 5.56 Å². The van der Waals surface area contributed by atoms with Gasteiger partial charge >= 0.3 is 0 Å². The molecule has 128 valence electrons. The van der Waals surface area contributed by atoms with Crippen molar-refractivity contribution in [1.82, 2.24) is 19.7 Å². The topological polar surface area (TPSA) is 92.7 Å². The molecule has 0 saturated heterocycles. The van der Waals surface area contributed by atoms with Gasteiger partial charge in [-0.25, -0.2) is 9.67 Å². The molecule has 3 heterocycles. The van der Waals surface area contributed by atoms with Crippen LogP contribution in [0.2, 0.25) is 0 Å². The first-order chi connectivity index (χ1) is 12.7. The van der Waals surface area contributed by atoms with E-state index in [2.05, 4.69) is 20.4 Å². The molecule has 4 rings (SSSR count). The van der Waals surface area contributed by atoms with Crippen molar-refractivity contribution in [2.24, 2.45) is 0 Å². The van der Waals surface area contributed by atoms with Crippen LogP contribution in [0.1, 0.15) is 4.88 Å². The van der Waals surface area contributed by atoms with Crippen LogP contribution in [0.25, 0.3) is 22.8 Å². The predicted molar refractivity (Wildman–Crippen MR) is 101 cm³/mol. The number of amides is 1. The number of hydrogen-bond donors (Lipinski definition) is 2. The minimum atomic E-state index is -0.262. The number of thiophene rings is 1. The molecule has 8 heteroatoms. The van der Waals surface area contributed by atoms with E-state index in [0.717, 1.165) is 4.88 Å². The number of aromatic nitrogens is 4. The molecule has 26 heavy (non-hydrogen) atoms. The van der Waals surface area contributed by atoms with Gasteiger partial charge in [0.1, 0.15) is 5.39 Å². The average Bonchev–Trinajstić information content (AvgIpc) is 3.31. The highest BCUT2D eigenvalue weighted by Crippen LogP contribution is 2.22. The third-order valence-electron chi connectivity index (χ3n) is 3.70. The van der Waals surface area contributed by atoms with E-state index < -0.39 is 0 Å². The lowest BCUT2D eigenvalue weighted by atomic mass is 10.2. The Kier molecular flexibility index (Phi) is 4.16. The lowest BCUT2D eigenvalue weighted by molar-refractivity contribution is -0.111. The number of carbonyl (C=O) groups excluding carboxylic acids is 1. The summed E-state index contributed by atoms with van der Waals surface area (Å²) < 4.78 is 1.53. The normalized spacial score (nSPS) is 11.2. The molecule has 0 spiro atoms. The minimum absolute atomic E-state index is 0.256. The number of nitrogens with zero attached hydrogens (tertiary/aromatic N) is 3. The second kappa shape index (κ2) is 6.77. The van der Waals surface area contributed by atoms with Gasteiger partial charge in [-0.3, -0.25) is 9.59 Å². The molecule has 0 aliphatic carbocycles. The Balaban J connectivity index is 1.67. The summed E-state index contributed by atoms with van der Waals surface area (Å²) in [7, 11) is 0. The zero-order valence-electron chi connectivity index (χ0n) is 13.4. The van der Waals surface area contributed by atoms with Gasteiger partial charge in [-0.15, -0.1) is 11.3 Å². The van der Waals surface area contributed by atoms with Crippen molar-refractivity contribution >= 4 is 40.0 Å². The number of benzene rings is 1. The summed E-state index contributed by atoms with van der Waals surface area (Å²) in [6.07, 6.45) is 6.02. The van der Waals surface area contributed by atoms with E-state index in [1.807, 2.05) is 29.6 Å². The van der Waals surface area contributed by atoms with Crippen LogP contribution < -0.4 is 10.9 Å². The maximum atomic E-state index is 12.3. The van der Waals surface area contributed by atoms with Crippen molar-refractivity contribution in [3.05, 3.63) is 75.6 Å². The average molecular weight is 363 g/mol. The van der Waals surface area contributed by atoms with Crippen LogP contribution in [0, 0.1) is 0 Å². The molecule has 0 saturated carbocycles. The Hall–Kier alpha value is -3.52. The fourth-order valence-corrected chi connectivity index (χ4v) is 3.13. The van der Waals surface area contributed by atoms with Gasteiger partial charge in [0, 0.05) is 11.0 Å². The first-order valence-corrected chi connectivity index (χ1v) is 8.64. The largest absolute Gasteiger partial charge is 0.321 e. The number of hydrogen-bond acceptors (Lipinski definition) is 5. The third kappa shape index (κ3) is 3.05. The van der Waals surface area contributed by atoms with Crippen molar-refractivity contribution in [3.8, 4) is 5.69 Å². The van der Waals surface area contributed by atoms with E-state index in [1.165, 1.54) is 23.3 Å². The van der Waals surface area contributed by atoms with Crippen molar-refractivity contribution in [3.63, 3.8) is 0 Å². The van der Waals surface area contributed by atoms with E-state index in [9.17, 15) is 9.59 Å². The first kappa shape index (κ1) is 16.0. The molecule has 4 aromatic rings.